The Morgan fingerprint density at radius 3 is 1.40 bits per heavy atom. The van der Waals surface area contributed by atoms with Gasteiger partial charge in [-0.3, -0.25) is 24.0 Å². The second-order valence-electron chi connectivity index (χ2n) is 29.8. The number of hydrogen-bond donors (Lipinski definition) is 4. The third kappa shape index (κ3) is 24.7. The van der Waals surface area contributed by atoms with Crippen molar-refractivity contribution >= 4 is 41.6 Å². The van der Waals surface area contributed by atoms with Crippen molar-refractivity contribution in [3.8, 4) is 23.0 Å². The van der Waals surface area contributed by atoms with E-state index in [-0.39, 0.29) is 90.6 Å². The van der Waals surface area contributed by atoms with E-state index in [2.05, 4.69) is 106 Å². The molecule has 4 aliphatic heterocycles. The lowest BCUT2D eigenvalue weighted by molar-refractivity contribution is -0.138. The van der Waals surface area contributed by atoms with Crippen molar-refractivity contribution in [2.45, 2.75) is 304 Å². The van der Waals surface area contributed by atoms with Crippen molar-refractivity contribution in [2.24, 2.45) is 11.7 Å². The van der Waals surface area contributed by atoms with Crippen LogP contribution < -0.4 is 30.0 Å². The summed E-state index contributed by atoms with van der Waals surface area (Å²) in [5, 5.41) is 18.9. The van der Waals surface area contributed by atoms with Gasteiger partial charge in [-0.2, -0.15) is 4.79 Å². The van der Waals surface area contributed by atoms with E-state index in [0.717, 1.165) is 115 Å². The first kappa shape index (κ1) is 84.5. The smallest absolute Gasteiger partial charge is 0.353 e. The zero-order valence-corrected chi connectivity index (χ0v) is 64.8. The number of nitrogens with one attached hydrogen (secondary N) is 1. The van der Waals surface area contributed by atoms with Gasteiger partial charge in [0, 0.05) is 56.9 Å². The van der Waals surface area contributed by atoms with Gasteiger partial charge in [0.25, 0.3) is 0 Å². The summed E-state index contributed by atoms with van der Waals surface area (Å²) in [5.74, 6) is 2.99. The maximum absolute atomic E-state index is 12.6. The van der Waals surface area contributed by atoms with E-state index in [1.165, 1.54) is 81.9 Å². The molecule has 22 nitrogen and oxygen atoms in total. The molecular weight excluding hydrogens is 1330 g/mol. The Bertz CT molecular complexity index is 3510. The molecular formula is C83H121N7O15. The average Bonchev–Trinajstić information content (AvgIpc) is 1.60. The highest BCUT2D eigenvalue weighted by atomic mass is 16.5. The minimum absolute atomic E-state index is 0.00569. The SMILES string of the molecule is CC(=[N+]=[N-])C(=O)N1C(Cc2ccc(C)c(OC3CCCC3)c2)OC[C@H]1C.CCC(=O)N1C(Cc2ccc(C)c(OC3CCCC3)c2)OC[C@H]1C.CCC(=O)N[C@H](C)CO.C[C@@H](N)C(=O)O.Cc1ccc(CC=O)cc1OC1CCCC1.Cc1ccc([C@H]2C(C)C(=O)N3[C@H](C)CO[C@H]23)cc1OC1CCCC1. The van der Waals surface area contributed by atoms with Crippen molar-refractivity contribution in [2.75, 3.05) is 26.4 Å². The van der Waals surface area contributed by atoms with Gasteiger partial charge in [0.2, 0.25) is 17.7 Å². The normalized spacial score (nSPS) is 23.3. The van der Waals surface area contributed by atoms with Crippen LogP contribution in [0.1, 0.15) is 228 Å². The predicted molar refractivity (Wildman–Crippen MR) is 404 cm³/mol. The number of aldehydes is 1. The molecule has 8 fully saturated rings. The molecule has 4 aromatic carbocycles. The van der Waals surface area contributed by atoms with Gasteiger partial charge in [-0.05, 0) is 234 Å². The number of aryl methyl sites for hydroxylation is 4. The van der Waals surface area contributed by atoms with Gasteiger partial charge in [0.1, 0.15) is 54.0 Å². The van der Waals surface area contributed by atoms with E-state index in [1.807, 2.05) is 48.8 Å². The van der Waals surface area contributed by atoms with E-state index in [1.54, 1.807) is 18.7 Å². The summed E-state index contributed by atoms with van der Waals surface area (Å²) in [6.45, 7) is 26.5. The maximum atomic E-state index is 12.6. The Labute approximate surface area is 623 Å². The maximum Gasteiger partial charge on any atom is 0.353 e. The summed E-state index contributed by atoms with van der Waals surface area (Å²) < 4.78 is 42.3. The number of benzene rings is 4. The molecule has 0 aromatic heterocycles. The van der Waals surface area contributed by atoms with Gasteiger partial charge in [-0.15, -0.1) is 0 Å². The van der Waals surface area contributed by atoms with Gasteiger partial charge in [-0.25, -0.2) is 0 Å². The van der Waals surface area contributed by atoms with Crippen molar-refractivity contribution in [1.82, 2.24) is 20.0 Å². The van der Waals surface area contributed by atoms with Gasteiger partial charge in [0.15, 0.2) is 0 Å². The van der Waals surface area contributed by atoms with Crippen LogP contribution in [0.4, 0.5) is 0 Å². The van der Waals surface area contributed by atoms with Crippen molar-refractivity contribution in [1.29, 1.82) is 0 Å². The number of ether oxygens (including phenoxy) is 7. The van der Waals surface area contributed by atoms with Crippen LogP contribution in [0.5, 0.6) is 23.0 Å². The zero-order valence-electron chi connectivity index (χ0n) is 64.8. The highest BCUT2D eigenvalue weighted by molar-refractivity contribution is 6.35. The van der Waals surface area contributed by atoms with Crippen molar-refractivity contribution < 1.29 is 76.9 Å². The van der Waals surface area contributed by atoms with Crippen LogP contribution in [0, 0.1) is 33.6 Å². The second kappa shape index (κ2) is 42.0. The topological polar surface area (TPSA) is 292 Å². The lowest BCUT2D eigenvalue weighted by Crippen LogP contribution is -2.44. The number of aliphatic hydroxyl groups is 1. The van der Waals surface area contributed by atoms with E-state index in [4.69, 9.17) is 54.6 Å². The number of carboxylic acid groups (broad SMARTS) is 1. The largest absolute Gasteiger partial charge is 0.490 e. The third-order valence-corrected chi connectivity index (χ3v) is 20.9. The minimum atomic E-state index is -0.963. The molecule has 4 saturated heterocycles. The van der Waals surface area contributed by atoms with E-state index < -0.39 is 12.0 Å². The van der Waals surface area contributed by atoms with Gasteiger partial charge >= 0.3 is 17.6 Å². The monoisotopic (exact) mass is 1460 g/mol. The summed E-state index contributed by atoms with van der Waals surface area (Å²) in [5.41, 5.74) is 22.9. The zero-order chi connectivity index (χ0) is 76.4. The molecule has 8 aliphatic rings. The Hall–Kier alpha value is -7.72. The number of nitrogens with zero attached hydrogens (tertiary/aromatic N) is 5. The predicted octanol–water partition coefficient (Wildman–Crippen LogP) is 13.0. The van der Waals surface area contributed by atoms with Crippen LogP contribution in [0.25, 0.3) is 5.53 Å². The number of aliphatic hydroxyl groups excluding tert-OH is 1. The Balaban J connectivity index is 0.000000185. The number of carbonyl (C=O) groups is 6. The van der Waals surface area contributed by atoms with E-state index >= 15 is 0 Å². The van der Waals surface area contributed by atoms with Gasteiger partial charge in [0.05, 0.1) is 69.0 Å². The lowest BCUT2D eigenvalue weighted by atomic mass is 9.88. The molecule has 105 heavy (non-hydrogen) atoms. The summed E-state index contributed by atoms with van der Waals surface area (Å²) in [6.07, 6.45) is 23.7. The standard InChI is InChI=1S/C20H27N3O3.C20H27NO3.C20H29NO3.C14H18O2.C6H13NO2.C3H7NO2/c1-13-8-9-16(10-18(13)26-17-6-4-5-7-17)11-19-23(14(2)12-25-19)20(24)15(3)22-21;1-12-8-9-15(10-17(12)24-16-6-4-5-7-16)18-14(3)19(22)21-13(2)11-23-20(18)21;1-4-19(22)21-15(3)13-23-20(21)12-16-10-9-14(2)18(11-16)24-17-7-5-6-8-17;1-11-6-7-12(8-9-15)10-14(11)16-13-4-2-3-5-13;1-3-6(9)7-5(2)4-8;1-2(4)3(5)6/h8-10,14,17,19H,4-7,11-12H2,1-3H3;8-10,13-14,16,18,20H,4-7,11H2,1-3H3;9-11,15,17,20H,4-8,12-13H2,1-3H3;6-7,9-10,13H,2-5,8H2,1H3;5,8H,3-4H2,1-2H3,(H,7,9);2H,4H2,1H3,(H,5,6)/t14-,19?;13-,14?,18-,20-;15-,20?;;5-;2-/m111.11/s1. The fourth-order valence-corrected chi connectivity index (χ4v) is 14.5. The molecule has 0 radical (unpaired) electrons. The first-order chi connectivity index (χ1) is 50.3. The molecule has 3 unspecified atom stereocenters. The van der Waals surface area contributed by atoms with Crippen LogP contribution in [-0.2, 0) is 62.2 Å². The first-order valence-electron chi connectivity index (χ1n) is 38.6. The molecule has 10 atom stereocenters. The van der Waals surface area contributed by atoms with Gasteiger partial charge in [-0.1, -0.05) is 69.3 Å². The van der Waals surface area contributed by atoms with Gasteiger partial charge < -0.3 is 79.4 Å². The molecule has 4 saturated carbocycles. The van der Waals surface area contributed by atoms with Crippen LogP contribution >= 0.6 is 0 Å². The lowest BCUT2D eigenvalue weighted by Gasteiger charge is -2.26. The molecule has 22 heteroatoms. The Morgan fingerprint density at radius 2 is 1.00 bits per heavy atom. The van der Waals surface area contributed by atoms with Crippen LogP contribution in [-0.4, -0.2) is 171 Å². The Kier molecular flexibility index (Phi) is 33.8. The summed E-state index contributed by atoms with van der Waals surface area (Å²) in [6, 6.07) is 24.4. The number of rotatable bonds is 21. The molecule has 0 spiro atoms. The third-order valence-electron chi connectivity index (χ3n) is 20.9. The molecule has 4 heterocycles. The number of carboxylic acids is 1. The summed E-state index contributed by atoms with van der Waals surface area (Å²) in [4.78, 5) is 76.4. The molecule has 0 bridgehead atoms. The molecule has 4 aromatic rings. The van der Waals surface area contributed by atoms with Crippen molar-refractivity contribution in [3.05, 3.63) is 123 Å². The average molecular weight is 1460 g/mol. The number of aliphatic carboxylic acids is 1. The molecule has 12 rings (SSSR count). The Morgan fingerprint density at radius 1 is 0.610 bits per heavy atom. The number of amides is 4. The first-order valence-corrected chi connectivity index (χ1v) is 38.6. The molecule has 4 amide bonds. The quantitative estimate of drug-likeness (QED) is 0.0261. The van der Waals surface area contributed by atoms with Crippen LogP contribution in [0.15, 0.2) is 72.8 Å². The number of carbonyl (C=O) groups excluding carboxylic acids is 5. The minimum Gasteiger partial charge on any atom is -0.490 e. The summed E-state index contributed by atoms with van der Waals surface area (Å²) >= 11 is 0. The van der Waals surface area contributed by atoms with E-state index in [9.17, 15) is 28.8 Å². The summed E-state index contributed by atoms with van der Waals surface area (Å²) in [7, 11) is 0. The highest BCUT2D eigenvalue weighted by Crippen LogP contribution is 2.45. The molecule has 4 aliphatic carbocycles. The van der Waals surface area contributed by atoms with E-state index in [0.29, 0.717) is 69.9 Å². The number of nitrogens with two attached hydrogens (primary N) is 1. The van der Waals surface area contributed by atoms with Crippen molar-refractivity contribution in [3.63, 3.8) is 0 Å². The van der Waals surface area contributed by atoms with Crippen LogP contribution in [0.3, 0.4) is 0 Å². The number of fused-ring (bicyclic) bond motifs is 1. The molecule has 578 valence electrons. The fraction of sp³-hybridized carbons (Fsp3) is 0.627. The fourth-order valence-electron chi connectivity index (χ4n) is 14.5. The van der Waals surface area contributed by atoms with Crippen LogP contribution in [0.2, 0.25) is 0 Å². The number of hydrogen-bond acceptors (Lipinski definition) is 15. The highest BCUT2D eigenvalue weighted by Gasteiger charge is 2.52. The molecule has 5 N–H and O–H groups in total. The second-order valence-corrected chi connectivity index (χ2v) is 29.8.